The molecule has 0 saturated carbocycles. The van der Waals surface area contributed by atoms with Crippen molar-refractivity contribution in [3.05, 3.63) is 42.5 Å². The van der Waals surface area contributed by atoms with E-state index in [0.29, 0.717) is 16.8 Å². The Morgan fingerprint density at radius 2 is 1.74 bits per heavy atom. The molecule has 2 aromatic carbocycles. The lowest BCUT2D eigenvalue weighted by atomic mass is 9.87. The van der Waals surface area contributed by atoms with E-state index in [1.54, 1.807) is 30.3 Å². The fraction of sp³-hybridized carbons (Fsp3) is 0. The summed E-state index contributed by atoms with van der Waals surface area (Å²) in [4.78, 5) is 0. The number of phenolic OH excluding ortho intramolecular Hbond substituents is 1. The van der Waals surface area contributed by atoms with E-state index in [2.05, 4.69) is 10.2 Å². The van der Waals surface area contributed by atoms with Crippen LogP contribution in [0.2, 0.25) is 0 Å². The van der Waals surface area contributed by atoms with E-state index in [1.807, 2.05) is 0 Å². The maximum atomic E-state index is 9.31. The molecular weight excluding hydrogens is 242 g/mol. The van der Waals surface area contributed by atoms with Crippen LogP contribution in [0.1, 0.15) is 0 Å². The number of nitrogens with zero attached hydrogens (tertiary/aromatic N) is 2. The topological polar surface area (TPSA) is 85.4 Å². The monoisotopic (exact) mass is 254 g/mol. The second-order valence-electron chi connectivity index (χ2n) is 4.00. The van der Waals surface area contributed by atoms with E-state index in [9.17, 15) is 10.1 Å². The molecule has 3 N–H and O–H groups in total. The average molecular weight is 254 g/mol. The lowest BCUT2D eigenvalue weighted by Crippen LogP contribution is -2.13. The van der Waals surface area contributed by atoms with Crippen molar-refractivity contribution in [1.29, 1.82) is 0 Å². The van der Waals surface area contributed by atoms with Gasteiger partial charge in [0.25, 0.3) is 0 Å². The number of aromatic hydroxyl groups is 1. The molecule has 0 aliphatic heterocycles. The molecule has 0 atom stereocenters. The minimum absolute atomic E-state index is 0.0511. The van der Waals surface area contributed by atoms with Crippen molar-refractivity contribution in [2.75, 3.05) is 0 Å². The molecule has 0 radical (unpaired) electrons. The maximum Gasteiger partial charge on any atom is 0.307 e. The highest BCUT2D eigenvalue weighted by Crippen LogP contribution is 2.18. The van der Waals surface area contributed by atoms with Crippen LogP contribution in [0.25, 0.3) is 0 Å². The van der Waals surface area contributed by atoms with Gasteiger partial charge in [-0.15, -0.1) is 0 Å². The normalized spacial score (nSPS) is 10.6. The van der Waals surface area contributed by atoms with E-state index in [-0.39, 0.29) is 20.7 Å². The lowest BCUT2D eigenvalue weighted by Gasteiger charge is -2.01. The van der Waals surface area contributed by atoms with Crippen molar-refractivity contribution in [3.8, 4) is 5.75 Å². The van der Waals surface area contributed by atoms with Crippen LogP contribution in [0, 0.1) is 0 Å². The number of rotatable bonds is 4. The Morgan fingerprint density at radius 3 is 2.47 bits per heavy atom. The predicted molar refractivity (Wildman–Crippen MR) is 76.7 cm³/mol. The van der Waals surface area contributed by atoms with Crippen LogP contribution in [0.5, 0.6) is 5.75 Å². The van der Waals surface area contributed by atoms with E-state index in [4.69, 9.17) is 5.02 Å². The van der Waals surface area contributed by atoms with Gasteiger partial charge >= 0.3 is 15.0 Å². The molecule has 0 spiro atoms. The van der Waals surface area contributed by atoms with Crippen LogP contribution in [0.4, 0.5) is 11.4 Å². The molecule has 94 valence electrons. The lowest BCUT2D eigenvalue weighted by molar-refractivity contribution is 0.475. The van der Waals surface area contributed by atoms with Crippen LogP contribution < -0.4 is 10.9 Å². The highest BCUT2D eigenvalue weighted by molar-refractivity contribution is 6.48. The summed E-state index contributed by atoms with van der Waals surface area (Å²) in [5.41, 5.74) is 2.37. The zero-order valence-corrected chi connectivity index (χ0v) is 10.2. The Morgan fingerprint density at radius 1 is 0.895 bits per heavy atom. The molecule has 2 rings (SSSR count). The molecule has 0 bridgehead atoms. The van der Waals surface area contributed by atoms with Gasteiger partial charge in [0.15, 0.2) is 0 Å². The third-order valence-electron chi connectivity index (χ3n) is 2.60. The third-order valence-corrected chi connectivity index (χ3v) is 2.60. The molecule has 0 aromatic heterocycles. The molecule has 2 aromatic rings. The van der Waals surface area contributed by atoms with Gasteiger partial charge in [-0.25, -0.2) is 0 Å². The fourth-order valence-corrected chi connectivity index (χ4v) is 1.62. The van der Waals surface area contributed by atoms with Gasteiger partial charge < -0.3 is 15.2 Å². The molecule has 0 fully saturated rings. The maximum absolute atomic E-state index is 9.31. The molecular formula is C12H12B2N2O3. The first kappa shape index (κ1) is 13.3. The summed E-state index contributed by atoms with van der Waals surface area (Å²) in [6.07, 6.45) is 0. The standard InChI is InChI=1S/C12H12B2N2O3/c17-10-4-5-12(11(7-10)14-19)16-15-9-3-1-2-8(6-9)13-18/h1-7,13-14,17-19H/b16-15+. The summed E-state index contributed by atoms with van der Waals surface area (Å²) in [7, 11) is -0.274. The summed E-state index contributed by atoms with van der Waals surface area (Å²) in [6, 6.07) is 11.6. The minimum Gasteiger partial charge on any atom is -0.508 e. The van der Waals surface area contributed by atoms with Gasteiger partial charge in [-0.05, 0) is 35.8 Å². The van der Waals surface area contributed by atoms with Gasteiger partial charge in [-0.1, -0.05) is 17.6 Å². The first-order chi connectivity index (χ1) is 9.22. The molecule has 5 nitrogen and oxygen atoms in total. The SMILES string of the molecule is OBc1cccc(/N=N/c2ccc(O)cc2BO)c1. The van der Waals surface area contributed by atoms with Crippen LogP contribution >= 0.6 is 0 Å². The highest BCUT2D eigenvalue weighted by Gasteiger charge is 2.03. The number of hydrogen-bond donors (Lipinski definition) is 3. The van der Waals surface area contributed by atoms with E-state index in [0.717, 1.165) is 5.46 Å². The van der Waals surface area contributed by atoms with Gasteiger partial charge in [0.05, 0.1) is 11.4 Å². The van der Waals surface area contributed by atoms with Gasteiger partial charge in [0.1, 0.15) is 5.75 Å². The third kappa shape index (κ3) is 3.43. The largest absolute Gasteiger partial charge is 0.508 e. The molecule has 7 heteroatoms. The second kappa shape index (κ2) is 6.17. The summed E-state index contributed by atoms with van der Waals surface area (Å²) in [5.74, 6) is 0.0743. The zero-order valence-electron chi connectivity index (χ0n) is 10.2. The van der Waals surface area contributed by atoms with E-state index < -0.39 is 0 Å². The molecule has 19 heavy (non-hydrogen) atoms. The molecule has 0 aliphatic rings. The number of azo groups is 1. The number of benzene rings is 2. The number of hydrogen-bond acceptors (Lipinski definition) is 5. The van der Waals surface area contributed by atoms with Crippen molar-refractivity contribution in [2.24, 2.45) is 10.2 Å². The summed E-state index contributed by atoms with van der Waals surface area (Å²) in [5, 5.41) is 35.6. The van der Waals surface area contributed by atoms with Crippen molar-refractivity contribution in [2.45, 2.75) is 0 Å². The quantitative estimate of drug-likeness (QED) is 0.519. The van der Waals surface area contributed by atoms with Crippen molar-refractivity contribution < 1.29 is 15.2 Å². The Balaban J connectivity index is 2.26. The van der Waals surface area contributed by atoms with Crippen LogP contribution in [-0.4, -0.2) is 30.1 Å². The number of phenols is 1. The predicted octanol–water partition coefficient (Wildman–Crippen LogP) is -0.254. The summed E-state index contributed by atoms with van der Waals surface area (Å²) >= 11 is 0. The van der Waals surface area contributed by atoms with Crippen molar-refractivity contribution in [1.82, 2.24) is 0 Å². The van der Waals surface area contributed by atoms with Gasteiger partial charge in [-0.2, -0.15) is 10.2 Å². The molecule has 0 aliphatic carbocycles. The second-order valence-corrected chi connectivity index (χ2v) is 4.00. The highest BCUT2D eigenvalue weighted by atomic mass is 16.3. The van der Waals surface area contributed by atoms with Gasteiger partial charge in [0, 0.05) is 0 Å². The Labute approximate surface area is 111 Å². The van der Waals surface area contributed by atoms with E-state index >= 15 is 0 Å². The Bertz CT molecular complexity index is 605. The molecule has 0 unspecified atom stereocenters. The van der Waals surface area contributed by atoms with Crippen molar-refractivity contribution in [3.63, 3.8) is 0 Å². The van der Waals surface area contributed by atoms with Crippen molar-refractivity contribution >= 4 is 37.3 Å². The van der Waals surface area contributed by atoms with E-state index in [1.165, 1.54) is 12.1 Å². The first-order valence-electron chi connectivity index (χ1n) is 5.77. The molecule has 0 amide bonds. The average Bonchev–Trinajstić information content (AvgIpc) is 2.46. The Hall–Kier alpha value is -2.11. The molecule has 0 heterocycles. The van der Waals surface area contributed by atoms with Gasteiger partial charge in [-0.3, -0.25) is 0 Å². The zero-order chi connectivity index (χ0) is 13.7. The van der Waals surface area contributed by atoms with Gasteiger partial charge in [0.2, 0.25) is 0 Å². The van der Waals surface area contributed by atoms with Crippen LogP contribution in [0.15, 0.2) is 52.7 Å². The Kier molecular flexibility index (Phi) is 4.33. The summed E-state index contributed by atoms with van der Waals surface area (Å²) in [6.45, 7) is 0. The molecule has 0 saturated heterocycles. The summed E-state index contributed by atoms with van der Waals surface area (Å²) < 4.78 is 0. The smallest absolute Gasteiger partial charge is 0.307 e. The van der Waals surface area contributed by atoms with Crippen LogP contribution in [-0.2, 0) is 0 Å². The van der Waals surface area contributed by atoms with Crippen LogP contribution in [0.3, 0.4) is 0 Å². The minimum atomic E-state index is -0.223. The first-order valence-corrected chi connectivity index (χ1v) is 5.77. The fourth-order valence-electron chi connectivity index (χ4n) is 1.62.